The number of halogens is 1. The van der Waals surface area contributed by atoms with Gasteiger partial charge in [-0.2, -0.15) is 5.10 Å². The van der Waals surface area contributed by atoms with Gasteiger partial charge in [-0.1, -0.05) is 11.6 Å². The Kier molecular flexibility index (Phi) is 3.12. The molecule has 0 bridgehead atoms. The molecule has 1 aromatic carbocycles. The number of benzene rings is 1. The van der Waals surface area contributed by atoms with Gasteiger partial charge in [-0.15, -0.1) is 0 Å². The standard InChI is InChI=1S/C9H8ClN3O2S/c10-6-1-5(3-12-13-9(11)16)2-7-8(6)15-4-14-7/h1-3H,4H2,(H3,11,13,16). The predicted molar refractivity (Wildman–Crippen MR) is 65.1 cm³/mol. The number of nitrogens with two attached hydrogens (primary N) is 1. The largest absolute Gasteiger partial charge is 0.454 e. The number of hydrogen-bond acceptors (Lipinski definition) is 4. The molecule has 0 radical (unpaired) electrons. The molecule has 0 saturated heterocycles. The lowest BCUT2D eigenvalue weighted by Crippen LogP contribution is -2.23. The highest BCUT2D eigenvalue weighted by molar-refractivity contribution is 7.80. The topological polar surface area (TPSA) is 68.9 Å². The third-order valence-corrected chi connectivity index (χ3v) is 2.21. The zero-order valence-electron chi connectivity index (χ0n) is 8.07. The Labute approximate surface area is 102 Å². The summed E-state index contributed by atoms with van der Waals surface area (Å²) in [6, 6.07) is 3.47. The maximum atomic E-state index is 5.98. The van der Waals surface area contributed by atoms with Crippen molar-refractivity contribution >= 4 is 35.1 Å². The molecule has 0 unspecified atom stereocenters. The monoisotopic (exact) mass is 257 g/mol. The first-order valence-corrected chi connectivity index (χ1v) is 5.13. The van der Waals surface area contributed by atoms with E-state index in [1.54, 1.807) is 12.1 Å². The molecular weight excluding hydrogens is 250 g/mol. The first-order valence-electron chi connectivity index (χ1n) is 4.34. The number of thiocarbonyl (C=S) groups is 1. The van der Waals surface area contributed by atoms with Crippen LogP contribution in [0.1, 0.15) is 5.56 Å². The second-order valence-corrected chi connectivity index (χ2v) is 3.82. The van der Waals surface area contributed by atoms with Gasteiger partial charge in [0.15, 0.2) is 16.6 Å². The minimum atomic E-state index is 0.100. The summed E-state index contributed by atoms with van der Waals surface area (Å²) in [4.78, 5) is 0. The van der Waals surface area contributed by atoms with Crippen LogP contribution in [0.15, 0.2) is 17.2 Å². The van der Waals surface area contributed by atoms with Crippen molar-refractivity contribution < 1.29 is 9.47 Å². The van der Waals surface area contributed by atoms with Crippen molar-refractivity contribution in [1.82, 2.24) is 5.43 Å². The molecular formula is C9H8ClN3O2S. The molecule has 1 aromatic rings. The molecule has 5 nitrogen and oxygen atoms in total. The normalized spacial score (nSPS) is 13.1. The lowest BCUT2D eigenvalue weighted by molar-refractivity contribution is 0.174. The van der Waals surface area contributed by atoms with E-state index in [-0.39, 0.29) is 11.9 Å². The van der Waals surface area contributed by atoms with Crippen molar-refractivity contribution in [3.63, 3.8) is 0 Å². The SMILES string of the molecule is NC(=S)NN=Cc1cc(Cl)c2c(c1)OCO2. The first-order chi connectivity index (χ1) is 7.66. The van der Waals surface area contributed by atoms with E-state index in [1.807, 2.05) is 0 Å². The summed E-state index contributed by atoms with van der Waals surface area (Å²) in [5.74, 6) is 1.16. The van der Waals surface area contributed by atoms with E-state index >= 15 is 0 Å². The zero-order chi connectivity index (χ0) is 11.5. The van der Waals surface area contributed by atoms with E-state index in [1.165, 1.54) is 6.21 Å². The summed E-state index contributed by atoms with van der Waals surface area (Å²) in [7, 11) is 0. The van der Waals surface area contributed by atoms with Gasteiger partial charge < -0.3 is 15.2 Å². The summed E-state index contributed by atoms with van der Waals surface area (Å²) in [5.41, 5.74) is 8.42. The fourth-order valence-electron chi connectivity index (χ4n) is 1.23. The lowest BCUT2D eigenvalue weighted by Gasteiger charge is -2.00. The number of rotatable bonds is 2. The molecule has 7 heteroatoms. The van der Waals surface area contributed by atoms with E-state index < -0.39 is 0 Å². The van der Waals surface area contributed by atoms with Crippen molar-refractivity contribution in [2.24, 2.45) is 10.8 Å². The Morgan fingerprint density at radius 1 is 1.56 bits per heavy atom. The van der Waals surface area contributed by atoms with E-state index in [9.17, 15) is 0 Å². The summed E-state index contributed by atoms with van der Waals surface area (Å²) in [6.07, 6.45) is 1.53. The highest BCUT2D eigenvalue weighted by Gasteiger charge is 2.17. The van der Waals surface area contributed by atoms with E-state index in [4.69, 9.17) is 26.8 Å². The van der Waals surface area contributed by atoms with Crippen molar-refractivity contribution in [2.45, 2.75) is 0 Å². The molecule has 0 aromatic heterocycles. The smallest absolute Gasteiger partial charge is 0.231 e. The molecule has 2 rings (SSSR count). The lowest BCUT2D eigenvalue weighted by atomic mass is 10.2. The molecule has 84 valence electrons. The fraction of sp³-hybridized carbons (Fsp3) is 0.111. The number of hydrogen-bond donors (Lipinski definition) is 2. The van der Waals surface area contributed by atoms with Gasteiger partial charge in [0.2, 0.25) is 6.79 Å². The van der Waals surface area contributed by atoms with Gasteiger partial charge in [-0.3, -0.25) is 5.43 Å². The van der Waals surface area contributed by atoms with Gasteiger partial charge in [-0.05, 0) is 29.9 Å². The van der Waals surface area contributed by atoms with Gasteiger partial charge in [0.25, 0.3) is 0 Å². The van der Waals surface area contributed by atoms with Crippen LogP contribution in [0.3, 0.4) is 0 Å². The van der Waals surface area contributed by atoms with Crippen LogP contribution in [0.4, 0.5) is 0 Å². The van der Waals surface area contributed by atoms with Crippen LogP contribution in [-0.2, 0) is 0 Å². The highest BCUT2D eigenvalue weighted by atomic mass is 35.5. The van der Waals surface area contributed by atoms with Gasteiger partial charge >= 0.3 is 0 Å². The Morgan fingerprint density at radius 3 is 3.12 bits per heavy atom. The second kappa shape index (κ2) is 4.54. The molecule has 0 amide bonds. The molecule has 1 aliphatic heterocycles. The fourth-order valence-corrected chi connectivity index (χ4v) is 1.56. The Morgan fingerprint density at radius 2 is 2.38 bits per heavy atom. The molecule has 0 spiro atoms. The van der Waals surface area contributed by atoms with Gasteiger partial charge in [0.05, 0.1) is 11.2 Å². The predicted octanol–water partition coefficient (Wildman–Crippen LogP) is 1.24. The number of nitrogens with zero attached hydrogens (tertiary/aromatic N) is 1. The second-order valence-electron chi connectivity index (χ2n) is 2.97. The van der Waals surface area contributed by atoms with E-state index in [2.05, 4.69) is 22.7 Å². The van der Waals surface area contributed by atoms with Crippen LogP contribution in [0.5, 0.6) is 11.5 Å². The first kappa shape index (κ1) is 11.0. The Bertz CT molecular complexity index is 464. The Balaban J connectivity index is 2.20. The average molecular weight is 258 g/mol. The summed E-state index contributed by atoms with van der Waals surface area (Å²) in [6.45, 7) is 0.181. The molecule has 0 saturated carbocycles. The number of nitrogens with one attached hydrogen (secondary N) is 1. The minimum Gasteiger partial charge on any atom is -0.454 e. The van der Waals surface area contributed by atoms with Crippen molar-refractivity contribution in [3.8, 4) is 11.5 Å². The van der Waals surface area contributed by atoms with Crippen molar-refractivity contribution in [1.29, 1.82) is 0 Å². The van der Waals surface area contributed by atoms with Crippen molar-refractivity contribution in [3.05, 3.63) is 22.7 Å². The number of fused-ring (bicyclic) bond motifs is 1. The van der Waals surface area contributed by atoms with Crippen LogP contribution in [0.2, 0.25) is 5.02 Å². The van der Waals surface area contributed by atoms with Crippen LogP contribution >= 0.6 is 23.8 Å². The van der Waals surface area contributed by atoms with Crippen LogP contribution in [-0.4, -0.2) is 18.1 Å². The van der Waals surface area contributed by atoms with E-state index in [0.717, 1.165) is 5.56 Å². The third kappa shape index (κ3) is 2.34. The molecule has 3 N–H and O–H groups in total. The van der Waals surface area contributed by atoms with Crippen molar-refractivity contribution in [2.75, 3.05) is 6.79 Å². The van der Waals surface area contributed by atoms with Gasteiger partial charge in [0.1, 0.15) is 0 Å². The van der Waals surface area contributed by atoms with Crippen LogP contribution in [0.25, 0.3) is 0 Å². The highest BCUT2D eigenvalue weighted by Crippen LogP contribution is 2.39. The zero-order valence-corrected chi connectivity index (χ0v) is 9.64. The van der Waals surface area contributed by atoms with Crippen LogP contribution < -0.4 is 20.6 Å². The number of ether oxygens (including phenoxy) is 2. The molecule has 1 aliphatic rings. The quantitative estimate of drug-likeness (QED) is 0.474. The molecule has 16 heavy (non-hydrogen) atoms. The van der Waals surface area contributed by atoms with E-state index in [0.29, 0.717) is 16.5 Å². The summed E-state index contributed by atoms with van der Waals surface area (Å²) >= 11 is 10.6. The van der Waals surface area contributed by atoms with Gasteiger partial charge in [-0.25, -0.2) is 0 Å². The average Bonchev–Trinajstić information content (AvgIpc) is 2.65. The molecule has 0 aliphatic carbocycles. The molecule has 0 atom stereocenters. The summed E-state index contributed by atoms with van der Waals surface area (Å²) in [5, 5.41) is 4.39. The number of hydrazone groups is 1. The maximum absolute atomic E-state index is 5.98. The maximum Gasteiger partial charge on any atom is 0.231 e. The molecule has 1 heterocycles. The molecule has 0 fully saturated rings. The Hall–Kier alpha value is -1.53. The van der Waals surface area contributed by atoms with Crippen LogP contribution in [0, 0.1) is 0 Å². The van der Waals surface area contributed by atoms with Gasteiger partial charge in [0, 0.05) is 0 Å². The minimum absolute atomic E-state index is 0.100. The third-order valence-electron chi connectivity index (χ3n) is 1.84. The summed E-state index contributed by atoms with van der Waals surface area (Å²) < 4.78 is 10.4.